The highest BCUT2D eigenvalue weighted by Crippen LogP contribution is 2.12. The van der Waals surface area contributed by atoms with Crippen LogP contribution in [-0.4, -0.2) is 18.9 Å². The van der Waals surface area contributed by atoms with Crippen molar-refractivity contribution >= 4 is 11.8 Å². The first kappa shape index (κ1) is 15.0. The van der Waals surface area contributed by atoms with Crippen LogP contribution in [0.3, 0.4) is 0 Å². The second-order valence-corrected chi connectivity index (χ2v) is 4.11. The molecular formula is C15H20N2O2. The van der Waals surface area contributed by atoms with Crippen molar-refractivity contribution in [3.63, 3.8) is 0 Å². The van der Waals surface area contributed by atoms with Crippen molar-refractivity contribution in [2.75, 3.05) is 7.05 Å². The van der Waals surface area contributed by atoms with Gasteiger partial charge in [-0.25, -0.2) is 0 Å². The average Bonchev–Trinajstić information content (AvgIpc) is 2.45. The van der Waals surface area contributed by atoms with E-state index in [2.05, 4.69) is 10.6 Å². The predicted octanol–water partition coefficient (Wildman–Crippen LogP) is 1.95. The highest BCUT2D eigenvalue weighted by atomic mass is 16.2. The van der Waals surface area contributed by atoms with Crippen molar-refractivity contribution in [1.29, 1.82) is 0 Å². The Morgan fingerprint density at radius 1 is 1.21 bits per heavy atom. The molecule has 0 spiro atoms. The summed E-state index contributed by atoms with van der Waals surface area (Å²) in [7, 11) is 1.56. The van der Waals surface area contributed by atoms with Crippen LogP contribution < -0.4 is 10.6 Å². The molecule has 0 fully saturated rings. The molecule has 0 aliphatic carbocycles. The van der Waals surface area contributed by atoms with Gasteiger partial charge in [-0.1, -0.05) is 49.4 Å². The molecule has 1 atom stereocenters. The van der Waals surface area contributed by atoms with Crippen LogP contribution in [0.5, 0.6) is 0 Å². The minimum Gasteiger partial charge on any atom is -0.357 e. The fourth-order valence-corrected chi connectivity index (χ4v) is 1.67. The van der Waals surface area contributed by atoms with Gasteiger partial charge < -0.3 is 10.6 Å². The van der Waals surface area contributed by atoms with Crippen molar-refractivity contribution in [2.45, 2.75) is 25.8 Å². The number of hydrogen-bond acceptors (Lipinski definition) is 2. The first-order valence-electron chi connectivity index (χ1n) is 6.40. The van der Waals surface area contributed by atoms with Gasteiger partial charge in [0.2, 0.25) is 11.8 Å². The van der Waals surface area contributed by atoms with Crippen LogP contribution >= 0.6 is 0 Å². The van der Waals surface area contributed by atoms with Gasteiger partial charge >= 0.3 is 0 Å². The Labute approximate surface area is 113 Å². The number of rotatable bonds is 6. The van der Waals surface area contributed by atoms with E-state index in [4.69, 9.17) is 0 Å². The van der Waals surface area contributed by atoms with E-state index < -0.39 is 6.04 Å². The SMILES string of the molecule is CC/C=C/CC(=O)N[C@@H](C(=O)NC)c1ccccc1. The number of carbonyl (C=O) groups excluding carboxylic acids is 2. The number of nitrogens with one attached hydrogen (secondary N) is 2. The standard InChI is InChI=1S/C15H20N2O2/c1-3-4-6-11-13(18)17-14(15(19)16-2)12-9-7-5-8-10-12/h4-10,14H,3,11H2,1-2H3,(H,16,19)(H,17,18)/b6-4+/t14-/m1/s1. The average molecular weight is 260 g/mol. The zero-order valence-corrected chi connectivity index (χ0v) is 11.3. The number of amides is 2. The lowest BCUT2D eigenvalue weighted by atomic mass is 10.1. The van der Waals surface area contributed by atoms with E-state index in [1.807, 2.05) is 43.3 Å². The first-order chi connectivity index (χ1) is 9.19. The number of likely N-dealkylation sites (N-methyl/N-ethyl adjacent to an activating group) is 1. The van der Waals surface area contributed by atoms with Crippen LogP contribution in [0, 0.1) is 0 Å². The van der Waals surface area contributed by atoms with Gasteiger partial charge in [-0.05, 0) is 12.0 Å². The summed E-state index contributed by atoms with van der Waals surface area (Å²) in [6.45, 7) is 2.01. The van der Waals surface area contributed by atoms with E-state index in [9.17, 15) is 9.59 Å². The van der Waals surface area contributed by atoms with Crippen LogP contribution in [0.25, 0.3) is 0 Å². The van der Waals surface area contributed by atoms with Crippen molar-refractivity contribution in [1.82, 2.24) is 10.6 Å². The second-order valence-electron chi connectivity index (χ2n) is 4.11. The van der Waals surface area contributed by atoms with Crippen molar-refractivity contribution in [3.05, 3.63) is 48.0 Å². The normalized spacial score (nSPS) is 12.1. The van der Waals surface area contributed by atoms with E-state index in [0.29, 0.717) is 0 Å². The van der Waals surface area contributed by atoms with Crippen molar-refractivity contribution in [3.8, 4) is 0 Å². The Kier molecular flexibility index (Phi) is 6.36. The lowest BCUT2D eigenvalue weighted by molar-refractivity contribution is -0.128. The molecule has 0 aliphatic rings. The second kappa shape index (κ2) is 8.08. The zero-order valence-electron chi connectivity index (χ0n) is 11.3. The summed E-state index contributed by atoms with van der Waals surface area (Å²) in [6.07, 6.45) is 4.91. The molecule has 0 saturated heterocycles. The molecule has 2 N–H and O–H groups in total. The quantitative estimate of drug-likeness (QED) is 0.768. The van der Waals surface area contributed by atoms with Gasteiger partial charge in [-0.2, -0.15) is 0 Å². The number of carbonyl (C=O) groups is 2. The van der Waals surface area contributed by atoms with Gasteiger partial charge in [-0.3, -0.25) is 9.59 Å². The largest absolute Gasteiger partial charge is 0.357 e. The number of benzene rings is 1. The third kappa shape index (κ3) is 4.95. The smallest absolute Gasteiger partial charge is 0.246 e. The van der Waals surface area contributed by atoms with Crippen LogP contribution in [0.15, 0.2) is 42.5 Å². The molecule has 19 heavy (non-hydrogen) atoms. The maximum atomic E-state index is 11.8. The number of allylic oxidation sites excluding steroid dienone is 1. The first-order valence-corrected chi connectivity index (χ1v) is 6.40. The van der Waals surface area contributed by atoms with Gasteiger partial charge in [0, 0.05) is 13.5 Å². The Morgan fingerprint density at radius 3 is 2.47 bits per heavy atom. The summed E-state index contributed by atoms with van der Waals surface area (Å²) in [5.74, 6) is -0.388. The van der Waals surface area contributed by atoms with E-state index >= 15 is 0 Å². The Morgan fingerprint density at radius 2 is 1.89 bits per heavy atom. The Balaban J connectivity index is 2.74. The molecule has 0 heterocycles. The molecule has 4 nitrogen and oxygen atoms in total. The van der Waals surface area contributed by atoms with Crippen LogP contribution in [-0.2, 0) is 9.59 Å². The zero-order chi connectivity index (χ0) is 14.1. The molecule has 2 amide bonds. The van der Waals surface area contributed by atoms with Crippen molar-refractivity contribution < 1.29 is 9.59 Å². The summed E-state index contributed by atoms with van der Waals surface area (Å²) < 4.78 is 0. The predicted molar refractivity (Wildman–Crippen MR) is 75.4 cm³/mol. The minimum absolute atomic E-state index is 0.165. The summed E-state index contributed by atoms with van der Waals surface area (Å²) in [5.41, 5.74) is 0.773. The van der Waals surface area contributed by atoms with E-state index in [-0.39, 0.29) is 18.2 Å². The van der Waals surface area contributed by atoms with Gasteiger partial charge in [0.05, 0.1) is 0 Å². The van der Waals surface area contributed by atoms with Crippen LogP contribution in [0.2, 0.25) is 0 Å². The Hall–Kier alpha value is -2.10. The molecule has 1 aromatic rings. The summed E-state index contributed by atoms with van der Waals surface area (Å²) >= 11 is 0. The van der Waals surface area contributed by atoms with Crippen LogP contribution in [0.1, 0.15) is 31.4 Å². The summed E-state index contributed by atoms with van der Waals surface area (Å²) in [4.78, 5) is 23.6. The molecule has 4 heteroatoms. The molecule has 1 rings (SSSR count). The maximum absolute atomic E-state index is 11.8. The molecule has 0 radical (unpaired) electrons. The molecule has 0 aliphatic heterocycles. The fourth-order valence-electron chi connectivity index (χ4n) is 1.67. The van der Waals surface area contributed by atoms with Crippen molar-refractivity contribution in [2.24, 2.45) is 0 Å². The lowest BCUT2D eigenvalue weighted by Crippen LogP contribution is -2.38. The van der Waals surface area contributed by atoms with E-state index in [1.54, 1.807) is 13.1 Å². The summed E-state index contributed by atoms with van der Waals surface area (Å²) in [6, 6.07) is 8.55. The molecule has 1 aromatic carbocycles. The van der Waals surface area contributed by atoms with E-state index in [0.717, 1.165) is 12.0 Å². The highest BCUT2D eigenvalue weighted by molar-refractivity contribution is 5.88. The topological polar surface area (TPSA) is 58.2 Å². The minimum atomic E-state index is -0.645. The highest BCUT2D eigenvalue weighted by Gasteiger charge is 2.20. The van der Waals surface area contributed by atoms with Gasteiger partial charge in [-0.15, -0.1) is 0 Å². The summed E-state index contributed by atoms with van der Waals surface area (Å²) in [5, 5.41) is 5.31. The molecule has 102 valence electrons. The lowest BCUT2D eigenvalue weighted by Gasteiger charge is -2.17. The fraction of sp³-hybridized carbons (Fsp3) is 0.333. The monoisotopic (exact) mass is 260 g/mol. The van der Waals surface area contributed by atoms with Gasteiger partial charge in [0.1, 0.15) is 6.04 Å². The Bertz CT molecular complexity index is 441. The van der Waals surface area contributed by atoms with E-state index in [1.165, 1.54) is 0 Å². The van der Waals surface area contributed by atoms with Gasteiger partial charge in [0.25, 0.3) is 0 Å². The molecular weight excluding hydrogens is 240 g/mol. The maximum Gasteiger partial charge on any atom is 0.246 e. The molecule has 0 saturated carbocycles. The number of hydrogen-bond donors (Lipinski definition) is 2. The third-order valence-electron chi connectivity index (χ3n) is 2.65. The molecule has 0 aromatic heterocycles. The molecule has 0 bridgehead atoms. The third-order valence-corrected chi connectivity index (χ3v) is 2.65. The van der Waals surface area contributed by atoms with Gasteiger partial charge in [0.15, 0.2) is 0 Å². The van der Waals surface area contributed by atoms with Crippen LogP contribution in [0.4, 0.5) is 0 Å². The molecule has 0 unspecified atom stereocenters.